The minimum atomic E-state index is -0.423. The van der Waals surface area contributed by atoms with Crippen LogP contribution in [-0.4, -0.2) is 42.5 Å². The van der Waals surface area contributed by atoms with Gasteiger partial charge in [-0.25, -0.2) is 0 Å². The zero-order chi connectivity index (χ0) is 12.6. The molecule has 5 nitrogen and oxygen atoms in total. The molecular formula is C11H22N2O3. The molecule has 0 unspecified atom stereocenters. The van der Waals surface area contributed by atoms with Crippen LogP contribution in [0.5, 0.6) is 0 Å². The maximum Gasteiger partial charge on any atom is 0.320 e. The Hall–Kier alpha value is -1.10. The highest BCUT2D eigenvalue weighted by molar-refractivity contribution is 5.77. The number of nitrogens with zero attached hydrogens (tertiary/aromatic N) is 1. The van der Waals surface area contributed by atoms with E-state index in [0.29, 0.717) is 6.54 Å². The fourth-order valence-corrected chi connectivity index (χ4v) is 1.30. The van der Waals surface area contributed by atoms with Gasteiger partial charge in [-0.15, -0.1) is 0 Å². The SMILES string of the molecule is CCCCN(CC(N)=O)CC(=O)OC(C)C. The van der Waals surface area contributed by atoms with Gasteiger partial charge in [0.1, 0.15) is 0 Å². The molecule has 0 aliphatic heterocycles. The number of carbonyl (C=O) groups excluding carboxylic acids is 2. The highest BCUT2D eigenvalue weighted by atomic mass is 16.5. The van der Waals surface area contributed by atoms with Gasteiger partial charge in [-0.05, 0) is 26.8 Å². The van der Waals surface area contributed by atoms with Crippen molar-refractivity contribution in [3.8, 4) is 0 Å². The molecule has 5 heteroatoms. The van der Waals surface area contributed by atoms with Crippen molar-refractivity contribution in [2.75, 3.05) is 19.6 Å². The Kier molecular flexibility index (Phi) is 7.54. The molecule has 0 spiro atoms. The molecule has 0 aliphatic carbocycles. The molecule has 94 valence electrons. The Morgan fingerprint density at radius 1 is 1.31 bits per heavy atom. The summed E-state index contributed by atoms with van der Waals surface area (Å²) in [5.74, 6) is -0.735. The molecule has 0 fully saturated rings. The third kappa shape index (κ3) is 8.23. The van der Waals surface area contributed by atoms with E-state index in [1.165, 1.54) is 0 Å². The second-order valence-electron chi connectivity index (χ2n) is 4.07. The number of esters is 1. The van der Waals surface area contributed by atoms with Gasteiger partial charge in [0, 0.05) is 0 Å². The van der Waals surface area contributed by atoms with Gasteiger partial charge < -0.3 is 10.5 Å². The Morgan fingerprint density at radius 3 is 2.38 bits per heavy atom. The van der Waals surface area contributed by atoms with Crippen LogP contribution >= 0.6 is 0 Å². The predicted octanol–water partition coefficient (Wildman–Crippen LogP) is 0.525. The summed E-state index contributed by atoms with van der Waals surface area (Å²) in [5, 5.41) is 0. The van der Waals surface area contributed by atoms with E-state index in [9.17, 15) is 9.59 Å². The van der Waals surface area contributed by atoms with Crippen LogP contribution in [0.15, 0.2) is 0 Å². The van der Waals surface area contributed by atoms with E-state index in [4.69, 9.17) is 10.5 Å². The number of rotatable bonds is 8. The fraction of sp³-hybridized carbons (Fsp3) is 0.818. The van der Waals surface area contributed by atoms with Crippen molar-refractivity contribution in [2.24, 2.45) is 5.73 Å². The molecule has 0 rings (SSSR count). The van der Waals surface area contributed by atoms with E-state index >= 15 is 0 Å². The van der Waals surface area contributed by atoms with Crippen LogP contribution < -0.4 is 5.73 Å². The number of ether oxygens (including phenoxy) is 1. The van der Waals surface area contributed by atoms with Gasteiger partial charge in [0.2, 0.25) is 5.91 Å². The van der Waals surface area contributed by atoms with Crippen molar-refractivity contribution in [3.63, 3.8) is 0 Å². The first-order chi connectivity index (χ1) is 7.45. The third-order valence-corrected chi connectivity index (χ3v) is 1.93. The molecule has 0 saturated heterocycles. The topological polar surface area (TPSA) is 72.6 Å². The van der Waals surface area contributed by atoms with Gasteiger partial charge in [-0.3, -0.25) is 14.5 Å². The minimum absolute atomic E-state index is 0.104. The van der Waals surface area contributed by atoms with Crippen molar-refractivity contribution in [1.82, 2.24) is 4.90 Å². The van der Waals surface area contributed by atoms with Crippen LogP contribution in [0.2, 0.25) is 0 Å². The lowest BCUT2D eigenvalue weighted by molar-refractivity contribution is -0.148. The molecular weight excluding hydrogens is 208 g/mol. The largest absolute Gasteiger partial charge is 0.462 e. The molecule has 0 radical (unpaired) electrons. The third-order valence-electron chi connectivity index (χ3n) is 1.93. The summed E-state index contributed by atoms with van der Waals surface area (Å²) in [5.41, 5.74) is 5.11. The van der Waals surface area contributed by atoms with E-state index in [1.54, 1.807) is 18.7 Å². The number of hydrogen-bond acceptors (Lipinski definition) is 4. The molecule has 0 saturated carbocycles. The van der Waals surface area contributed by atoms with Crippen molar-refractivity contribution >= 4 is 11.9 Å². The van der Waals surface area contributed by atoms with Crippen molar-refractivity contribution in [1.29, 1.82) is 0 Å². The molecule has 0 bridgehead atoms. The van der Waals surface area contributed by atoms with Crippen molar-refractivity contribution < 1.29 is 14.3 Å². The molecule has 0 aromatic carbocycles. The smallest absolute Gasteiger partial charge is 0.320 e. The van der Waals surface area contributed by atoms with E-state index in [1.807, 2.05) is 0 Å². The zero-order valence-corrected chi connectivity index (χ0v) is 10.4. The molecule has 16 heavy (non-hydrogen) atoms. The monoisotopic (exact) mass is 230 g/mol. The molecule has 1 amide bonds. The van der Waals surface area contributed by atoms with Gasteiger partial charge in [0.15, 0.2) is 0 Å². The average Bonchev–Trinajstić information content (AvgIpc) is 2.11. The lowest BCUT2D eigenvalue weighted by Gasteiger charge is -2.20. The Morgan fingerprint density at radius 2 is 1.94 bits per heavy atom. The molecule has 0 aromatic heterocycles. The zero-order valence-electron chi connectivity index (χ0n) is 10.4. The van der Waals surface area contributed by atoms with Gasteiger partial charge in [0.05, 0.1) is 19.2 Å². The first-order valence-corrected chi connectivity index (χ1v) is 5.65. The Labute approximate surface area is 96.9 Å². The summed E-state index contributed by atoms with van der Waals surface area (Å²) < 4.78 is 5.01. The number of amides is 1. The Balaban J connectivity index is 4.07. The van der Waals surface area contributed by atoms with Gasteiger partial charge in [0.25, 0.3) is 0 Å². The highest BCUT2D eigenvalue weighted by Crippen LogP contribution is 1.97. The van der Waals surface area contributed by atoms with E-state index < -0.39 is 5.91 Å². The number of carbonyl (C=O) groups is 2. The fourth-order valence-electron chi connectivity index (χ4n) is 1.30. The molecule has 0 aliphatic rings. The second-order valence-corrected chi connectivity index (χ2v) is 4.07. The summed E-state index contributed by atoms with van der Waals surface area (Å²) in [6.45, 7) is 6.56. The van der Waals surface area contributed by atoms with Crippen LogP contribution in [0.25, 0.3) is 0 Å². The lowest BCUT2D eigenvalue weighted by atomic mass is 10.3. The molecule has 0 atom stereocenters. The van der Waals surface area contributed by atoms with Gasteiger partial charge >= 0.3 is 5.97 Å². The number of hydrogen-bond donors (Lipinski definition) is 1. The number of primary amides is 1. The molecule has 0 heterocycles. The van der Waals surface area contributed by atoms with Gasteiger partial charge in [-0.1, -0.05) is 13.3 Å². The number of nitrogens with two attached hydrogens (primary N) is 1. The summed E-state index contributed by atoms with van der Waals surface area (Å²) in [7, 11) is 0. The quantitative estimate of drug-likeness (QED) is 0.617. The maximum absolute atomic E-state index is 11.4. The van der Waals surface area contributed by atoms with Crippen molar-refractivity contribution in [3.05, 3.63) is 0 Å². The highest BCUT2D eigenvalue weighted by Gasteiger charge is 2.14. The lowest BCUT2D eigenvalue weighted by Crippen LogP contribution is -2.39. The van der Waals surface area contributed by atoms with Crippen LogP contribution in [-0.2, 0) is 14.3 Å². The van der Waals surface area contributed by atoms with E-state index in [0.717, 1.165) is 12.8 Å². The number of unbranched alkanes of at least 4 members (excludes halogenated alkanes) is 1. The van der Waals surface area contributed by atoms with E-state index in [-0.39, 0.29) is 25.2 Å². The van der Waals surface area contributed by atoms with Crippen LogP contribution in [0.3, 0.4) is 0 Å². The van der Waals surface area contributed by atoms with Crippen LogP contribution in [0.1, 0.15) is 33.6 Å². The van der Waals surface area contributed by atoms with Crippen LogP contribution in [0, 0.1) is 0 Å². The molecule has 2 N–H and O–H groups in total. The van der Waals surface area contributed by atoms with Gasteiger partial charge in [-0.2, -0.15) is 0 Å². The Bertz CT molecular complexity index is 229. The van der Waals surface area contributed by atoms with E-state index in [2.05, 4.69) is 6.92 Å². The first-order valence-electron chi connectivity index (χ1n) is 5.65. The summed E-state index contributed by atoms with van der Waals surface area (Å²) in [6.07, 6.45) is 1.81. The van der Waals surface area contributed by atoms with Crippen molar-refractivity contribution in [2.45, 2.75) is 39.7 Å². The standard InChI is InChI=1S/C11H22N2O3/c1-4-5-6-13(7-10(12)14)8-11(15)16-9(2)3/h9H,4-8H2,1-3H3,(H2,12,14). The molecule has 0 aromatic rings. The predicted molar refractivity (Wildman–Crippen MR) is 61.8 cm³/mol. The first kappa shape index (κ1) is 14.9. The maximum atomic E-state index is 11.4. The summed E-state index contributed by atoms with van der Waals surface area (Å²) in [4.78, 5) is 23.9. The normalized spacial score (nSPS) is 10.8. The second kappa shape index (κ2) is 8.10. The summed E-state index contributed by atoms with van der Waals surface area (Å²) >= 11 is 0. The summed E-state index contributed by atoms with van der Waals surface area (Å²) in [6, 6.07) is 0. The minimum Gasteiger partial charge on any atom is -0.462 e. The average molecular weight is 230 g/mol. The van der Waals surface area contributed by atoms with Crippen LogP contribution in [0.4, 0.5) is 0 Å².